The molecule has 0 unspecified atom stereocenters. The largest absolute Gasteiger partial charge is 0.325 e. The van der Waals surface area contributed by atoms with Crippen LogP contribution in [0.25, 0.3) is 11.0 Å². The van der Waals surface area contributed by atoms with Gasteiger partial charge in [-0.05, 0) is 35.7 Å². The van der Waals surface area contributed by atoms with Gasteiger partial charge in [-0.3, -0.25) is 9.69 Å². The standard InChI is InChI=1S/C18H18N4O2/c23-17(11-22-8-7-12-3-1-2-4-13(12)10-22)19-14-5-6-15-16(9-14)21-18(24)20-15/h1-6,9H,7-8,10-11H2,(H,19,23)(H2,20,21,24). The predicted molar refractivity (Wildman–Crippen MR) is 93.0 cm³/mol. The summed E-state index contributed by atoms with van der Waals surface area (Å²) in [6.45, 7) is 2.04. The van der Waals surface area contributed by atoms with Crippen molar-refractivity contribution in [3.8, 4) is 0 Å². The highest BCUT2D eigenvalue weighted by Gasteiger charge is 2.18. The summed E-state index contributed by atoms with van der Waals surface area (Å²) in [6, 6.07) is 13.7. The Hall–Kier alpha value is -2.86. The number of aromatic nitrogens is 2. The highest BCUT2D eigenvalue weighted by molar-refractivity contribution is 5.94. The molecule has 0 aliphatic carbocycles. The first kappa shape index (κ1) is 14.7. The summed E-state index contributed by atoms with van der Waals surface area (Å²) in [5.74, 6) is -0.0494. The number of carbonyl (C=O) groups is 1. The van der Waals surface area contributed by atoms with E-state index in [9.17, 15) is 9.59 Å². The van der Waals surface area contributed by atoms with Gasteiger partial charge >= 0.3 is 5.69 Å². The number of hydrogen-bond acceptors (Lipinski definition) is 3. The molecule has 0 bridgehead atoms. The van der Waals surface area contributed by atoms with Crippen LogP contribution in [0.15, 0.2) is 47.3 Å². The van der Waals surface area contributed by atoms with Crippen LogP contribution >= 0.6 is 0 Å². The molecule has 24 heavy (non-hydrogen) atoms. The van der Waals surface area contributed by atoms with Crippen LogP contribution in [0, 0.1) is 0 Å². The van der Waals surface area contributed by atoms with Gasteiger partial charge in [0.15, 0.2) is 0 Å². The van der Waals surface area contributed by atoms with Crippen LogP contribution in [0.2, 0.25) is 0 Å². The van der Waals surface area contributed by atoms with E-state index in [1.807, 2.05) is 6.07 Å². The molecule has 0 fully saturated rings. The number of imidazole rings is 1. The van der Waals surface area contributed by atoms with Crippen molar-refractivity contribution in [3.63, 3.8) is 0 Å². The highest BCUT2D eigenvalue weighted by atomic mass is 16.2. The molecule has 0 atom stereocenters. The Labute approximate surface area is 138 Å². The fourth-order valence-electron chi connectivity index (χ4n) is 3.20. The van der Waals surface area contributed by atoms with Gasteiger partial charge in [0.05, 0.1) is 17.6 Å². The second-order valence-corrected chi connectivity index (χ2v) is 6.12. The van der Waals surface area contributed by atoms with Crippen molar-refractivity contribution in [1.82, 2.24) is 14.9 Å². The summed E-state index contributed by atoms with van der Waals surface area (Å²) in [5.41, 5.74) is 4.51. The second kappa shape index (κ2) is 5.98. The van der Waals surface area contributed by atoms with Crippen LogP contribution in [-0.2, 0) is 17.8 Å². The number of aromatic amines is 2. The number of H-pyrrole nitrogens is 2. The van der Waals surface area contributed by atoms with Gasteiger partial charge in [0.2, 0.25) is 5.91 Å². The van der Waals surface area contributed by atoms with Crippen molar-refractivity contribution < 1.29 is 4.79 Å². The number of nitrogens with one attached hydrogen (secondary N) is 3. The molecular formula is C18H18N4O2. The first-order chi connectivity index (χ1) is 11.7. The van der Waals surface area contributed by atoms with E-state index in [0.717, 1.165) is 25.0 Å². The summed E-state index contributed by atoms with van der Waals surface area (Å²) in [6.07, 6.45) is 0.972. The minimum atomic E-state index is -0.250. The number of benzene rings is 2. The molecule has 6 nitrogen and oxygen atoms in total. The Morgan fingerprint density at radius 1 is 1.08 bits per heavy atom. The lowest BCUT2D eigenvalue weighted by molar-refractivity contribution is -0.117. The zero-order valence-corrected chi connectivity index (χ0v) is 13.1. The first-order valence-electron chi connectivity index (χ1n) is 7.98. The molecule has 3 N–H and O–H groups in total. The van der Waals surface area contributed by atoms with Crippen molar-refractivity contribution in [2.75, 3.05) is 18.4 Å². The third kappa shape index (κ3) is 2.96. The van der Waals surface area contributed by atoms with Gasteiger partial charge in [-0.15, -0.1) is 0 Å². The molecule has 0 saturated carbocycles. The van der Waals surface area contributed by atoms with E-state index in [1.165, 1.54) is 11.1 Å². The third-order valence-electron chi connectivity index (χ3n) is 4.38. The summed E-state index contributed by atoms with van der Waals surface area (Å²) in [5, 5.41) is 2.90. The molecule has 0 radical (unpaired) electrons. The van der Waals surface area contributed by atoms with Crippen molar-refractivity contribution >= 4 is 22.6 Å². The molecule has 0 spiro atoms. The van der Waals surface area contributed by atoms with E-state index in [0.29, 0.717) is 17.7 Å². The van der Waals surface area contributed by atoms with Crippen molar-refractivity contribution in [2.45, 2.75) is 13.0 Å². The minimum absolute atomic E-state index is 0.0494. The minimum Gasteiger partial charge on any atom is -0.325 e. The van der Waals surface area contributed by atoms with Crippen LogP contribution in [0.3, 0.4) is 0 Å². The van der Waals surface area contributed by atoms with Crippen molar-refractivity contribution in [3.05, 3.63) is 64.1 Å². The van der Waals surface area contributed by atoms with Crippen LogP contribution in [0.4, 0.5) is 5.69 Å². The summed E-state index contributed by atoms with van der Waals surface area (Å²) in [7, 11) is 0. The van der Waals surface area contributed by atoms with E-state index in [4.69, 9.17) is 0 Å². The van der Waals surface area contributed by atoms with E-state index in [1.54, 1.807) is 18.2 Å². The maximum absolute atomic E-state index is 12.3. The molecule has 3 aromatic rings. The van der Waals surface area contributed by atoms with E-state index in [2.05, 4.69) is 38.4 Å². The number of amides is 1. The second-order valence-electron chi connectivity index (χ2n) is 6.12. The summed E-state index contributed by atoms with van der Waals surface area (Å²) >= 11 is 0. The van der Waals surface area contributed by atoms with Gasteiger partial charge in [0.25, 0.3) is 0 Å². The molecule has 0 saturated heterocycles. The Morgan fingerprint density at radius 3 is 2.75 bits per heavy atom. The molecule has 1 aliphatic rings. The Bertz CT molecular complexity index is 957. The number of fused-ring (bicyclic) bond motifs is 2. The topological polar surface area (TPSA) is 81.0 Å². The van der Waals surface area contributed by atoms with Gasteiger partial charge in [-0.2, -0.15) is 0 Å². The Morgan fingerprint density at radius 2 is 1.88 bits per heavy atom. The lowest BCUT2D eigenvalue weighted by atomic mass is 10.00. The number of anilines is 1. The van der Waals surface area contributed by atoms with Gasteiger partial charge in [0, 0.05) is 18.8 Å². The van der Waals surface area contributed by atoms with Crippen LogP contribution in [0.1, 0.15) is 11.1 Å². The SMILES string of the molecule is O=C(CN1CCc2ccccc2C1)Nc1ccc2[nH]c(=O)[nH]c2c1. The van der Waals surface area contributed by atoms with Crippen molar-refractivity contribution in [2.24, 2.45) is 0 Å². The van der Waals surface area contributed by atoms with Gasteiger partial charge in [-0.25, -0.2) is 4.79 Å². The van der Waals surface area contributed by atoms with E-state index >= 15 is 0 Å². The van der Waals surface area contributed by atoms with Crippen LogP contribution in [0.5, 0.6) is 0 Å². The monoisotopic (exact) mass is 322 g/mol. The van der Waals surface area contributed by atoms with Crippen LogP contribution < -0.4 is 11.0 Å². The number of carbonyl (C=O) groups excluding carboxylic acids is 1. The summed E-state index contributed by atoms with van der Waals surface area (Å²) in [4.78, 5) is 31.1. The quantitative estimate of drug-likeness (QED) is 0.688. The fourth-order valence-corrected chi connectivity index (χ4v) is 3.20. The maximum atomic E-state index is 12.3. The fraction of sp³-hybridized carbons (Fsp3) is 0.222. The molecule has 1 aromatic heterocycles. The lowest BCUT2D eigenvalue weighted by Gasteiger charge is -2.28. The zero-order valence-electron chi connectivity index (χ0n) is 13.1. The Kier molecular flexibility index (Phi) is 3.66. The number of nitrogens with zero attached hydrogens (tertiary/aromatic N) is 1. The molecule has 122 valence electrons. The van der Waals surface area contributed by atoms with Gasteiger partial charge < -0.3 is 15.3 Å². The average Bonchev–Trinajstić information content (AvgIpc) is 2.94. The van der Waals surface area contributed by atoms with E-state index < -0.39 is 0 Å². The molecular weight excluding hydrogens is 304 g/mol. The Balaban J connectivity index is 1.42. The smallest absolute Gasteiger partial charge is 0.323 e. The third-order valence-corrected chi connectivity index (χ3v) is 4.38. The van der Waals surface area contributed by atoms with Gasteiger partial charge in [0.1, 0.15) is 0 Å². The van der Waals surface area contributed by atoms with Crippen LogP contribution in [-0.4, -0.2) is 33.9 Å². The zero-order chi connectivity index (χ0) is 16.5. The normalized spacial score (nSPS) is 14.5. The van der Waals surface area contributed by atoms with Crippen molar-refractivity contribution in [1.29, 1.82) is 0 Å². The first-order valence-corrected chi connectivity index (χ1v) is 7.98. The average molecular weight is 322 g/mol. The lowest BCUT2D eigenvalue weighted by Crippen LogP contribution is -2.37. The molecule has 1 aliphatic heterocycles. The number of hydrogen-bond donors (Lipinski definition) is 3. The predicted octanol–water partition coefficient (Wildman–Crippen LogP) is 1.85. The van der Waals surface area contributed by atoms with Gasteiger partial charge in [-0.1, -0.05) is 24.3 Å². The molecule has 2 aromatic carbocycles. The molecule has 4 rings (SSSR count). The number of rotatable bonds is 3. The molecule has 2 heterocycles. The molecule has 1 amide bonds. The molecule has 6 heteroatoms. The maximum Gasteiger partial charge on any atom is 0.323 e. The highest BCUT2D eigenvalue weighted by Crippen LogP contribution is 2.19. The summed E-state index contributed by atoms with van der Waals surface area (Å²) < 4.78 is 0. The van der Waals surface area contributed by atoms with E-state index in [-0.39, 0.29) is 11.6 Å².